The molecule has 34 heavy (non-hydrogen) atoms. The van der Waals surface area contributed by atoms with Gasteiger partial charge in [-0.25, -0.2) is 0 Å². The van der Waals surface area contributed by atoms with E-state index < -0.39 is 5.54 Å². The van der Waals surface area contributed by atoms with E-state index in [2.05, 4.69) is 36.4 Å². The van der Waals surface area contributed by atoms with Gasteiger partial charge in [-0.3, -0.25) is 9.48 Å². The normalized spacial score (nSPS) is 11.3. The van der Waals surface area contributed by atoms with Gasteiger partial charge in [0.05, 0.1) is 11.8 Å². The lowest BCUT2D eigenvalue weighted by Gasteiger charge is -2.36. The number of nitrogens with two attached hydrogens (primary N) is 1. The number of benzene rings is 4. The summed E-state index contributed by atoms with van der Waals surface area (Å²) in [6.45, 7) is 1.95. The van der Waals surface area contributed by atoms with Crippen molar-refractivity contribution >= 4 is 11.5 Å². The third kappa shape index (κ3) is 3.59. The lowest BCUT2D eigenvalue weighted by atomic mass is 9.77. The SMILES string of the molecule is Cc1ccc(N)c(C(=O)c2cnn(C(c3ccccc3)(c3ccccc3)c3ccccc3)c2)c1. The molecule has 4 nitrogen and oxygen atoms in total. The van der Waals surface area contributed by atoms with E-state index >= 15 is 0 Å². The van der Waals surface area contributed by atoms with Crippen molar-refractivity contribution < 1.29 is 4.79 Å². The number of carbonyl (C=O) groups excluding carboxylic acids is 1. The zero-order valence-corrected chi connectivity index (χ0v) is 18.9. The van der Waals surface area contributed by atoms with Gasteiger partial charge in [-0.1, -0.05) is 103 Å². The van der Waals surface area contributed by atoms with E-state index in [1.54, 1.807) is 12.3 Å². The Morgan fingerprint density at radius 1 is 0.765 bits per heavy atom. The molecule has 0 saturated heterocycles. The second kappa shape index (κ2) is 8.83. The Balaban J connectivity index is 1.75. The summed E-state index contributed by atoms with van der Waals surface area (Å²) >= 11 is 0. The van der Waals surface area contributed by atoms with Gasteiger partial charge in [-0.2, -0.15) is 5.10 Å². The minimum atomic E-state index is -0.763. The van der Waals surface area contributed by atoms with Crippen LogP contribution in [0.2, 0.25) is 0 Å². The molecule has 0 aliphatic rings. The number of aryl methyl sites for hydroxylation is 1. The fraction of sp³-hybridized carbons (Fsp3) is 0.0667. The first kappa shape index (κ1) is 21.4. The molecule has 166 valence electrons. The van der Waals surface area contributed by atoms with Crippen LogP contribution in [0.4, 0.5) is 5.69 Å². The summed E-state index contributed by atoms with van der Waals surface area (Å²) in [6, 6.07) is 36.3. The Morgan fingerprint density at radius 2 is 1.26 bits per heavy atom. The predicted molar refractivity (Wildman–Crippen MR) is 136 cm³/mol. The Kier molecular flexibility index (Phi) is 5.56. The van der Waals surface area contributed by atoms with Crippen LogP contribution in [0.15, 0.2) is 122 Å². The van der Waals surface area contributed by atoms with Crippen molar-refractivity contribution in [3.05, 3.63) is 155 Å². The summed E-state index contributed by atoms with van der Waals surface area (Å²) in [5.41, 5.74) is 10.9. The molecule has 0 spiro atoms. The maximum atomic E-state index is 13.4. The molecular weight excluding hydrogens is 418 g/mol. The molecule has 5 rings (SSSR count). The van der Waals surface area contributed by atoms with Gasteiger partial charge in [0, 0.05) is 17.4 Å². The molecule has 4 heteroatoms. The minimum Gasteiger partial charge on any atom is -0.398 e. The highest BCUT2D eigenvalue weighted by Gasteiger charge is 2.39. The maximum Gasteiger partial charge on any atom is 0.198 e. The smallest absolute Gasteiger partial charge is 0.198 e. The molecule has 0 saturated carbocycles. The molecule has 4 aromatic carbocycles. The van der Waals surface area contributed by atoms with Crippen LogP contribution < -0.4 is 5.73 Å². The number of carbonyl (C=O) groups is 1. The van der Waals surface area contributed by atoms with E-state index in [4.69, 9.17) is 10.8 Å². The van der Waals surface area contributed by atoms with Gasteiger partial charge < -0.3 is 5.73 Å². The summed E-state index contributed by atoms with van der Waals surface area (Å²) in [6.07, 6.45) is 3.46. The van der Waals surface area contributed by atoms with Crippen molar-refractivity contribution in [2.75, 3.05) is 5.73 Å². The van der Waals surface area contributed by atoms with Gasteiger partial charge in [-0.15, -0.1) is 0 Å². The summed E-state index contributed by atoms with van der Waals surface area (Å²) in [5.74, 6) is -0.143. The average Bonchev–Trinajstić information content (AvgIpc) is 3.38. The highest BCUT2D eigenvalue weighted by Crippen LogP contribution is 2.40. The van der Waals surface area contributed by atoms with Crippen LogP contribution >= 0.6 is 0 Å². The predicted octanol–water partition coefficient (Wildman–Crippen LogP) is 5.84. The second-order valence-corrected chi connectivity index (χ2v) is 8.40. The molecule has 0 fully saturated rings. The van der Waals surface area contributed by atoms with Crippen molar-refractivity contribution in [2.24, 2.45) is 0 Å². The highest BCUT2D eigenvalue weighted by atomic mass is 16.1. The van der Waals surface area contributed by atoms with Gasteiger partial charge in [0.25, 0.3) is 0 Å². The van der Waals surface area contributed by atoms with Gasteiger partial charge >= 0.3 is 0 Å². The lowest BCUT2D eigenvalue weighted by molar-refractivity contribution is 0.103. The van der Waals surface area contributed by atoms with Crippen LogP contribution in [0.3, 0.4) is 0 Å². The van der Waals surface area contributed by atoms with Crippen molar-refractivity contribution in [3.8, 4) is 0 Å². The van der Waals surface area contributed by atoms with Crippen molar-refractivity contribution in [3.63, 3.8) is 0 Å². The highest BCUT2D eigenvalue weighted by molar-refractivity contribution is 6.11. The number of rotatable bonds is 6. The third-order valence-electron chi connectivity index (χ3n) is 6.22. The molecular formula is C30H25N3O. The second-order valence-electron chi connectivity index (χ2n) is 8.40. The van der Waals surface area contributed by atoms with Crippen LogP contribution in [0.1, 0.15) is 38.2 Å². The Labute approximate surface area is 199 Å². The largest absolute Gasteiger partial charge is 0.398 e. The van der Waals surface area contributed by atoms with Crippen molar-refractivity contribution in [1.29, 1.82) is 0 Å². The van der Waals surface area contributed by atoms with Gasteiger partial charge in [0.15, 0.2) is 5.78 Å². The molecule has 0 atom stereocenters. The Morgan fingerprint density at radius 3 is 1.76 bits per heavy atom. The fourth-order valence-electron chi connectivity index (χ4n) is 4.58. The number of nitrogen functional groups attached to an aromatic ring is 1. The molecule has 0 radical (unpaired) electrons. The van der Waals surface area contributed by atoms with E-state index in [0.29, 0.717) is 16.8 Å². The fourth-order valence-corrected chi connectivity index (χ4v) is 4.58. The summed E-state index contributed by atoms with van der Waals surface area (Å²) in [7, 11) is 0. The molecule has 0 unspecified atom stereocenters. The zero-order chi connectivity index (χ0) is 23.5. The summed E-state index contributed by atoms with van der Waals surface area (Å²) < 4.78 is 1.90. The Hall–Kier alpha value is -4.44. The first-order valence-corrected chi connectivity index (χ1v) is 11.2. The summed E-state index contributed by atoms with van der Waals surface area (Å²) in [5, 5.41) is 4.77. The molecule has 0 aliphatic carbocycles. The number of hydrogen-bond acceptors (Lipinski definition) is 3. The van der Waals surface area contributed by atoms with E-state index in [1.807, 2.05) is 84.5 Å². The Bertz CT molecular complexity index is 1330. The molecule has 5 aromatic rings. The van der Waals surface area contributed by atoms with Crippen LogP contribution in [-0.4, -0.2) is 15.6 Å². The van der Waals surface area contributed by atoms with Crippen LogP contribution in [0.25, 0.3) is 0 Å². The number of aromatic nitrogens is 2. The monoisotopic (exact) mass is 443 g/mol. The topological polar surface area (TPSA) is 60.9 Å². The molecule has 0 amide bonds. The standard InChI is InChI=1S/C30H25N3O/c1-22-17-18-28(31)27(19-22)29(34)23-20-32-33(21-23)30(24-11-5-2-6-12-24,25-13-7-3-8-14-25)26-15-9-4-10-16-26/h2-21H,31H2,1H3. The van der Waals surface area contributed by atoms with E-state index in [-0.39, 0.29) is 5.78 Å². The number of nitrogens with zero attached hydrogens (tertiary/aromatic N) is 2. The number of ketones is 1. The molecule has 1 heterocycles. The van der Waals surface area contributed by atoms with Crippen LogP contribution in [0.5, 0.6) is 0 Å². The lowest BCUT2D eigenvalue weighted by Crippen LogP contribution is -2.38. The molecule has 1 aromatic heterocycles. The first-order chi connectivity index (χ1) is 16.6. The van der Waals surface area contributed by atoms with Crippen LogP contribution in [0, 0.1) is 6.92 Å². The van der Waals surface area contributed by atoms with E-state index in [0.717, 1.165) is 22.3 Å². The van der Waals surface area contributed by atoms with Gasteiger partial charge in [0.2, 0.25) is 0 Å². The molecule has 0 aliphatic heterocycles. The quantitative estimate of drug-likeness (QED) is 0.204. The average molecular weight is 444 g/mol. The zero-order valence-electron chi connectivity index (χ0n) is 18.9. The minimum absolute atomic E-state index is 0.143. The first-order valence-electron chi connectivity index (χ1n) is 11.2. The summed E-state index contributed by atoms with van der Waals surface area (Å²) in [4.78, 5) is 13.4. The van der Waals surface area contributed by atoms with Gasteiger partial charge in [0.1, 0.15) is 5.54 Å². The van der Waals surface area contributed by atoms with Crippen LogP contribution in [-0.2, 0) is 5.54 Å². The van der Waals surface area contributed by atoms with Crippen molar-refractivity contribution in [2.45, 2.75) is 12.5 Å². The number of hydrogen-bond donors (Lipinski definition) is 1. The molecule has 2 N–H and O–H groups in total. The maximum absolute atomic E-state index is 13.4. The van der Waals surface area contributed by atoms with E-state index in [9.17, 15) is 4.79 Å². The van der Waals surface area contributed by atoms with E-state index in [1.165, 1.54) is 0 Å². The van der Waals surface area contributed by atoms with Gasteiger partial charge in [-0.05, 0) is 35.7 Å². The molecule has 0 bridgehead atoms. The van der Waals surface area contributed by atoms with Crippen molar-refractivity contribution in [1.82, 2.24) is 9.78 Å². The number of anilines is 1. The third-order valence-corrected chi connectivity index (χ3v) is 6.22.